The van der Waals surface area contributed by atoms with E-state index in [0.29, 0.717) is 5.92 Å². The van der Waals surface area contributed by atoms with Crippen LogP contribution in [0.1, 0.15) is 22.5 Å². The van der Waals surface area contributed by atoms with Gasteiger partial charge in [-0.05, 0) is 48.3 Å². The molecule has 1 aliphatic rings. The quantitative estimate of drug-likeness (QED) is 0.910. The molecule has 6 heteroatoms. The molecule has 1 aliphatic heterocycles. The minimum Gasteiger partial charge on any atom is -0.495 e. The standard InChI is InChI=1S/C13H19BrN2O2S/c1-15-8-9-3-5-16(6-4-9)13(17)11-7-10(18-2)12(14)19-11/h7,9,15H,3-6,8H2,1-2H3. The van der Waals surface area contributed by atoms with Crippen LogP contribution in [0.25, 0.3) is 0 Å². The molecule has 0 unspecified atom stereocenters. The van der Waals surface area contributed by atoms with Crippen molar-refractivity contribution in [2.45, 2.75) is 12.8 Å². The third-order valence-electron chi connectivity index (χ3n) is 3.48. The van der Waals surface area contributed by atoms with Gasteiger partial charge in [-0.3, -0.25) is 4.79 Å². The second-order valence-corrected chi connectivity index (χ2v) is 7.12. The smallest absolute Gasteiger partial charge is 0.264 e. The summed E-state index contributed by atoms with van der Waals surface area (Å²) in [4.78, 5) is 15.1. The maximum Gasteiger partial charge on any atom is 0.264 e. The van der Waals surface area contributed by atoms with E-state index in [1.807, 2.05) is 18.0 Å². The van der Waals surface area contributed by atoms with Gasteiger partial charge in [-0.25, -0.2) is 0 Å². The Kier molecular flexibility index (Phi) is 5.24. The maximum atomic E-state index is 12.4. The molecule has 1 aromatic rings. The highest BCUT2D eigenvalue weighted by Crippen LogP contribution is 2.35. The van der Waals surface area contributed by atoms with Crippen LogP contribution in [-0.2, 0) is 0 Å². The fourth-order valence-electron chi connectivity index (χ4n) is 2.38. The number of halogens is 1. The first-order valence-corrected chi connectivity index (χ1v) is 8.03. The zero-order valence-corrected chi connectivity index (χ0v) is 13.6. The second-order valence-electron chi connectivity index (χ2n) is 4.75. The summed E-state index contributed by atoms with van der Waals surface area (Å²) < 4.78 is 6.07. The number of hydrogen-bond acceptors (Lipinski definition) is 4. The Morgan fingerprint density at radius 1 is 1.58 bits per heavy atom. The van der Waals surface area contributed by atoms with Gasteiger partial charge in [-0.15, -0.1) is 11.3 Å². The SMILES string of the molecule is CNCC1CCN(C(=O)c2cc(OC)c(Br)s2)CC1. The van der Waals surface area contributed by atoms with Gasteiger partial charge < -0.3 is 15.0 Å². The fraction of sp³-hybridized carbons (Fsp3) is 0.615. The number of likely N-dealkylation sites (tertiary alicyclic amines) is 1. The average Bonchev–Trinajstić information content (AvgIpc) is 2.80. The Bertz CT molecular complexity index is 442. The number of nitrogens with zero attached hydrogens (tertiary/aromatic N) is 1. The van der Waals surface area contributed by atoms with Gasteiger partial charge >= 0.3 is 0 Å². The maximum absolute atomic E-state index is 12.4. The molecule has 0 spiro atoms. The first-order valence-electron chi connectivity index (χ1n) is 6.43. The Labute approximate surface area is 126 Å². The largest absolute Gasteiger partial charge is 0.495 e. The number of ether oxygens (including phenoxy) is 1. The predicted molar refractivity (Wildman–Crippen MR) is 81.1 cm³/mol. The normalized spacial score (nSPS) is 16.7. The molecule has 1 N–H and O–H groups in total. The number of methoxy groups -OCH3 is 1. The van der Waals surface area contributed by atoms with E-state index in [-0.39, 0.29) is 5.91 Å². The molecule has 1 amide bonds. The summed E-state index contributed by atoms with van der Waals surface area (Å²) in [5, 5.41) is 3.21. The summed E-state index contributed by atoms with van der Waals surface area (Å²) in [5.74, 6) is 1.55. The van der Waals surface area contributed by atoms with Gasteiger partial charge in [0.1, 0.15) is 9.54 Å². The molecule has 0 aromatic carbocycles. The number of thiophene rings is 1. The highest BCUT2D eigenvalue weighted by molar-refractivity contribution is 9.11. The minimum absolute atomic E-state index is 0.122. The molecule has 0 aliphatic carbocycles. The van der Waals surface area contributed by atoms with Crippen LogP contribution in [0.15, 0.2) is 9.85 Å². The van der Waals surface area contributed by atoms with Crippen molar-refractivity contribution < 1.29 is 9.53 Å². The summed E-state index contributed by atoms with van der Waals surface area (Å²) in [5.41, 5.74) is 0. The third kappa shape index (κ3) is 3.49. The molecule has 1 saturated heterocycles. The summed E-state index contributed by atoms with van der Waals surface area (Å²) in [6, 6.07) is 1.82. The molecular formula is C13H19BrN2O2S. The van der Waals surface area contributed by atoms with E-state index in [1.54, 1.807) is 7.11 Å². The molecule has 2 rings (SSSR count). The van der Waals surface area contributed by atoms with Gasteiger partial charge in [0.25, 0.3) is 5.91 Å². The Balaban J connectivity index is 1.97. The molecule has 0 saturated carbocycles. The molecule has 19 heavy (non-hydrogen) atoms. The Morgan fingerprint density at radius 3 is 2.79 bits per heavy atom. The number of hydrogen-bond donors (Lipinski definition) is 1. The van der Waals surface area contributed by atoms with E-state index >= 15 is 0 Å². The van der Waals surface area contributed by atoms with Gasteiger partial charge in [-0.2, -0.15) is 0 Å². The van der Waals surface area contributed by atoms with Crippen LogP contribution in [0.2, 0.25) is 0 Å². The molecule has 1 fully saturated rings. The molecule has 0 radical (unpaired) electrons. The van der Waals surface area contributed by atoms with Crippen LogP contribution >= 0.6 is 27.3 Å². The number of nitrogens with one attached hydrogen (secondary N) is 1. The van der Waals surface area contributed by atoms with Crippen molar-refractivity contribution in [3.05, 3.63) is 14.7 Å². The zero-order valence-electron chi connectivity index (χ0n) is 11.2. The van der Waals surface area contributed by atoms with E-state index in [0.717, 1.165) is 46.9 Å². The lowest BCUT2D eigenvalue weighted by molar-refractivity contribution is 0.0695. The Hall–Kier alpha value is -0.590. The van der Waals surface area contributed by atoms with E-state index in [4.69, 9.17) is 4.74 Å². The lowest BCUT2D eigenvalue weighted by Gasteiger charge is -2.31. The monoisotopic (exact) mass is 346 g/mol. The van der Waals surface area contributed by atoms with E-state index in [2.05, 4.69) is 21.2 Å². The van der Waals surface area contributed by atoms with Crippen molar-refractivity contribution in [2.24, 2.45) is 5.92 Å². The van der Waals surface area contributed by atoms with Gasteiger partial charge in [-0.1, -0.05) is 0 Å². The topological polar surface area (TPSA) is 41.6 Å². The third-order valence-corrected chi connectivity index (χ3v) is 5.25. The number of carbonyl (C=O) groups is 1. The van der Waals surface area contributed by atoms with Gasteiger partial charge in [0, 0.05) is 19.2 Å². The highest BCUT2D eigenvalue weighted by Gasteiger charge is 2.25. The van der Waals surface area contributed by atoms with Crippen molar-refractivity contribution in [1.82, 2.24) is 10.2 Å². The first-order chi connectivity index (χ1) is 9.15. The van der Waals surface area contributed by atoms with Crippen molar-refractivity contribution in [2.75, 3.05) is 33.8 Å². The number of rotatable bonds is 4. The van der Waals surface area contributed by atoms with Gasteiger partial charge in [0.2, 0.25) is 0 Å². The van der Waals surface area contributed by atoms with Crippen LogP contribution in [0.3, 0.4) is 0 Å². The lowest BCUT2D eigenvalue weighted by Crippen LogP contribution is -2.40. The number of piperidine rings is 1. The zero-order chi connectivity index (χ0) is 13.8. The minimum atomic E-state index is 0.122. The molecular weight excluding hydrogens is 328 g/mol. The number of amides is 1. The van der Waals surface area contributed by atoms with E-state index in [1.165, 1.54) is 11.3 Å². The molecule has 0 atom stereocenters. The molecule has 2 heterocycles. The first kappa shape index (κ1) is 14.8. The Morgan fingerprint density at radius 2 is 2.26 bits per heavy atom. The average molecular weight is 347 g/mol. The molecule has 4 nitrogen and oxygen atoms in total. The van der Waals surface area contributed by atoms with Crippen molar-refractivity contribution in [3.63, 3.8) is 0 Å². The fourth-order valence-corrected chi connectivity index (χ4v) is 4.00. The molecule has 1 aromatic heterocycles. The van der Waals surface area contributed by atoms with Crippen LogP contribution in [0.4, 0.5) is 0 Å². The number of carbonyl (C=O) groups excluding carboxylic acids is 1. The second kappa shape index (κ2) is 6.72. The van der Waals surface area contributed by atoms with Crippen LogP contribution in [0.5, 0.6) is 5.75 Å². The summed E-state index contributed by atoms with van der Waals surface area (Å²) in [6.45, 7) is 2.74. The summed E-state index contributed by atoms with van der Waals surface area (Å²) in [6.07, 6.45) is 2.16. The lowest BCUT2D eigenvalue weighted by atomic mass is 9.97. The van der Waals surface area contributed by atoms with Crippen molar-refractivity contribution in [3.8, 4) is 5.75 Å². The predicted octanol–water partition coefficient (Wildman–Crippen LogP) is 2.59. The van der Waals surface area contributed by atoms with Crippen LogP contribution in [0, 0.1) is 5.92 Å². The van der Waals surface area contributed by atoms with Crippen molar-refractivity contribution in [1.29, 1.82) is 0 Å². The summed E-state index contributed by atoms with van der Waals surface area (Å²) >= 11 is 4.85. The summed E-state index contributed by atoms with van der Waals surface area (Å²) in [7, 11) is 3.59. The highest BCUT2D eigenvalue weighted by atomic mass is 79.9. The van der Waals surface area contributed by atoms with E-state index in [9.17, 15) is 4.79 Å². The van der Waals surface area contributed by atoms with Crippen LogP contribution in [-0.4, -0.2) is 44.6 Å². The van der Waals surface area contributed by atoms with Gasteiger partial charge in [0.15, 0.2) is 0 Å². The van der Waals surface area contributed by atoms with E-state index < -0.39 is 0 Å². The van der Waals surface area contributed by atoms with Crippen LogP contribution < -0.4 is 10.1 Å². The molecule has 0 bridgehead atoms. The van der Waals surface area contributed by atoms with Crippen molar-refractivity contribution >= 4 is 33.2 Å². The van der Waals surface area contributed by atoms with Gasteiger partial charge in [0.05, 0.1) is 12.0 Å². The molecule has 106 valence electrons.